The highest BCUT2D eigenvalue weighted by atomic mass is 32.2. The zero-order chi connectivity index (χ0) is 20.9. The van der Waals surface area contributed by atoms with Gasteiger partial charge in [0, 0.05) is 26.2 Å². The van der Waals surface area contributed by atoms with Crippen LogP contribution in [0, 0.1) is 5.92 Å². The van der Waals surface area contributed by atoms with Gasteiger partial charge >= 0.3 is 5.97 Å². The SMILES string of the molecule is CC(OC(=O)CN1CCS(=O)(=O)CC1)C(=O)N1CCC(Cc2ccccc2)CC1. The van der Waals surface area contributed by atoms with Crippen LogP contribution in [0.1, 0.15) is 25.3 Å². The number of hydrogen-bond acceptors (Lipinski definition) is 6. The van der Waals surface area contributed by atoms with Crippen LogP contribution in [0.5, 0.6) is 0 Å². The minimum absolute atomic E-state index is 0.0201. The number of hydrogen-bond donors (Lipinski definition) is 0. The predicted molar refractivity (Wildman–Crippen MR) is 110 cm³/mol. The molecule has 29 heavy (non-hydrogen) atoms. The number of nitrogens with zero attached hydrogens (tertiary/aromatic N) is 2. The molecule has 1 atom stereocenters. The van der Waals surface area contributed by atoms with E-state index in [-0.39, 0.29) is 24.0 Å². The van der Waals surface area contributed by atoms with Gasteiger partial charge in [-0.3, -0.25) is 14.5 Å². The third-order valence-corrected chi connectivity index (χ3v) is 7.35. The third kappa shape index (κ3) is 6.54. The van der Waals surface area contributed by atoms with E-state index in [1.54, 1.807) is 16.7 Å². The van der Waals surface area contributed by atoms with Gasteiger partial charge in [0.05, 0.1) is 18.1 Å². The Morgan fingerprint density at radius 2 is 1.69 bits per heavy atom. The normalized spacial score (nSPS) is 21.5. The predicted octanol–water partition coefficient (Wildman–Crippen LogP) is 1.13. The fourth-order valence-corrected chi connectivity index (χ4v) is 5.21. The first-order valence-corrected chi connectivity index (χ1v) is 12.1. The van der Waals surface area contributed by atoms with Crippen molar-refractivity contribution in [2.75, 3.05) is 44.2 Å². The van der Waals surface area contributed by atoms with Gasteiger partial charge in [-0.2, -0.15) is 0 Å². The Morgan fingerprint density at radius 3 is 2.31 bits per heavy atom. The molecule has 0 aliphatic carbocycles. The van der Waals surface area contributed by atoms with Crippen molar-refractivity contribution in [2.45, 2.75) is 32.3 Å². The molecule has 0 aromatic heterocycles. The summed E-state index contributed by atoms with van der Waals surface area (Å²) in [6.45, 7) is 3.65. The van der Waals surface area contributed by atoms with E-state index >= 15 is 0 Å². The number of piperidine rings is 1. The van der Waals surface area contributed by atoms with Crippen LogP contribution in [0.4, 0.5) is 0 Å². The van der Waals surface area contributed by atoms with Crippen molar-refractivity contribution in [1.82, 2.24) is 9.80 Å². The number of likely N-dealkylation sites (tertiary alicyclic amines) is 1. The number of ether oxygens (including phenoxy) is 1. The van der Waals surface area contributed by atoms with E-state index in [4.69, 9.17) is 4.74 Å². The molecule has 8 heteroatoms. The first kappa shape index (κ1) is 21.8. The second kappa shape index (κ2) is 9.71. The number of esters is 1. The fraction of sp³-hybridized carbons (Fsp3) is 0.619. The first-order chi connectivity index (χ1) is 13.8. The average molecular weight is 423 g/mol. The van der Waals surface area contributed by atoms with Gasteiger partial charge in [0.2, 0.25) is 0 Å². The highest BCUT2D eigenvalue weighted by Crippen LogP contribution is 2.22. The molecule has 3 rings (SSSR count). The zero-order valence-corrected chi connectivity index (χ0v) is 17.8. The molecule has 0 N–H and O–H groups in total. The van der Waals surface area contributed by atoms with E-state index in [9.17, 15) is 18.0 Å². The quantitative estimate of drug-likeness (QED) is 0.639. The summed E-state index contributed by atoms with van der Waals surface area (Å²) in [5, 5.41) is 0. The van der Waals surface area contributed by atoms with Crippen LogP contribution in [0.25, 0.3) is 0 Å². The summed E-state index contributed by atoms with van der Waals surface area (Å²) in [4.78, 5) is 28.3. The number of sulfone groups is 1. The van der Waals surface area contributed by atoms with E-state index in [1.807, 2.05) is 18.2 Å². The molecule has 2 fully saturated rings. The number of rotatable bonds is 6. The largest absolute Gasteiger partial charge is 0.452 e. The molecule has 2 aliphatic rings. The molecule has 2 saturated heterocycles. The average Bonchev–Trinajstić information content (AvgIpc) is 2.70. The van der Waals surface area contributed by atoms with Crippen molar-refractivity contribution in [3.8, 4) is 0 Å². The van der Waals surface area contributed by atoms with E-state index in [0.717, 1.165) is 19.3 Å². The Hall–Kier alpha value is -1.93. The van der Waals surface area contributed by atoms with Crippen LogP contribution in [-0.2, 0) is 30.6 Å². The molecular weight excluding hydrogens is 392 g/mol. The molecule has 1 aromatic rings. The van der Waals surface area contributed by atoms with Crippen LogP contribution in [-0.4, -0.2) is 80.4 Å². The summed E-state index contributed by atoms with van der Waals surface area (Å²) >= 11 is 0. The second-order valence-electron chi connectivity index (χ2n) is 8.02. The summed E-state index contributed by atoms with van der Waals surface area (Å²) in [5.74, 6) is 0.0517. The Bertz CT molecular complexity index is 790. The number of carbonyl (C=O) groups is 2. The van der Waals surface area contributed by atoms with Crippen LogP contribution in [0.15, 0.2) is 30.3 Å². The minimum Gasteiger partial charge on any atom is -0.452 e. The molecule has 1 aromatic carbocycles. The van der Waals surface area contributed by atoms with E-state index in [0.29, 0.717) is 32.1 Å². The summed E-state index contributed by atoms with van der Waals surface area (Å²) in [6.07, 6.45) is 2.10. The lowest BCUT2D eigenvalue weighted by Crippen LogP contribution is -2.46. The van der Waals surface area contributed by atoms with Crippen molar-refractivity contribution < 1.29 is 22.7 Å². The van der Waals surface area contributed by atoms with Gasteiger partial charge in [-0.15, -0.1) is 0 Å². The number of benzene rings is 1. The standard InChI is InChI=1S/C21H30N2O5S/c1-17(28-20(24)16-22-11-13-29(26,27)14-12-22)21(25)23-9-7-19(8-10-23)15-18-5-3-2-4-6-18/h2-6,17,19H,7-16H2,1H3. The lowest BCUT2D eigenvalue weighted by atomic mass is 9.90. The molecule has 2 heterocycles. The molecule has 7 nitrogen and oxygen atoms in total. The Morgan fingerprint density at radius 1 is 1.07 bits per heavy atom. The van der Waals surface area contributed by atoms with Crippen molar-refractivity contribution in [2.24, 2.45) is 5.92 Å². The molecule has 2 aliphatic heterocycles. The Kier molecular flexibility index (Phi) is 7.29. The van der Waals surface area contributed by atoms with Gasteiger partial charge in [-0.1, -0.05) is 30.3 Å². The van der Waals surface area contributed by atoms with E-state index in [1.165, 1.54) is 5.56 Å². The maximum absolute atomic E-state index is 12.6. The smallest absolute Gasteiger partial charge is 0.320 e. The highest BCUT2D eigenvalue weighted by molar-refractivity contribution is 7.91. The first-order valence-electron chi connectivity index (χ1n) is 10.3. The highest BCUT2D eigenvalue weighted by Gasteiger charge is 2.29. The van der Waals surface area contributed by atoms with Crippen LogP contribution in [0.3, 0.4) is 0 Å². The Balaban J connectivity index is 1.39. The van der Waals surface area contributed by atoms with E-state index in [2.05, 4.69) is 12.1 Å². The van der Waals surface area contributed by atoms with Gasteiger partial charge in [-0.05, 0) is 37.7 Å². The van der Waals surface area contributed by atoms with Gasteiger partial charge in [0.1, 0.15) is 0 Å². The number of carbonyl (C=O) groups excluding carboxylic acids is 2. The second-order valence-corrected chi connectivity index (χ2v) is 10.3. The van der Waals surface area contributed by atoms with Crippen molar-refractivity contribution >= 4 is 21.7 Å². The number of amides is 1. The van der Waals surface area contributed by atoms with Gasteiger partial charge < -0.3 is 9.64 Å². The fourth-order valence-electron chi connectivity index (χ4n) is 3.94. The van der Waals surface area contributed by atoms with Crippen LogP contribution < -0.4 is 0 Å². The molecule has 160 valence electrons. The van der Waals surface area contributed by atoms with Crippen LogP contribution >= 0.6 is 0 Å². The molecule has 0 radical (unpaired) electrons. The lowest BCUT2D eigenvalue weighted by Gasteiger charge is -2.33. The summed E-state index contributed by atoms with van der Waals surface area (Å²) in [5.41, 5.74) is 1.32. The molecular formula is C21H30N2O5S. The summed E-state index contributed by atoms with van der Waals surface area (Å²) < 4.78 is 28.2. The Labute approximate surface area is 172 Å². The van der Waals surface area contributed by atoms with Gasteiger partial charge in [0.15, 0.2) is 15.9 Å². The lowest BCUT2D eigenvalue weighted by molar-refractivity contribution is -0.160. The monoisotopic (exact) mass is 422 g/mol. The maximum atomic E-state index is 12.6. The van der Waals surface area contributed by atoms with Gasteiger partial charge in [0.25, 0.3) is 5.91 Å². The molecule has 0 saturated carbocycles. The van der Waals surface area contributed by atoms with Crippen molar-refractivity contribution in [3.63, 3.8) is 0 Å². The molecule has 1 amide bonds. The van der Waals surface area contributed by atoms with Crippen molar-refractivity contribution in [1.29, 1.82) is 0 Å². The molecule has 0 spiro atoms. The summed E-state index contributed by atoms with van der Waals surface area (Å²) in [7, 11) is -2.98. The van der Waals surface area contributed by atoms with Gasteiger partial charge in [-0.25, -0.2) is 8.42 Å². The topological polar surface area (TPSA) is 84.0 Å². The maximum Gasteiger partial charge on any atom is 0.320 e. The molecule has 1 unspecified atom stereocenters. The third-order valence-electron chi connectivity index (χ3n) is 5.74. The minimum atomic E-state index is -2.98. The molecule has 0 bridgehead atoms. The van der Waals surface area contributed by atoms with Crippen molar-refractivity contribution in [3.05, 3.63) is 35.9 Å². The van der Waals surface area contributed by atoms with Crippen LogP contribution in [0.2, 0.25) is 0 Å². The summed E-state index contributed by atoms with van der Waals surface area (Å²) in [6, 6.07) is 10.4. The van der Waals surface area contributed by atoms with E-state index < -0.39 is 21.9 Å². The zero-order valence-electron chi connectivity index (χ0n) is 17.0.